The first-order valence-electron chi connectivity index (χ1n) is 6.24. The van der Waals surface area contributed by atoms with Gasteiger partial charge in [0, 0.05) is 5.56 Å². The molecule has 1 N–H and O–H groups in total. The zero-order chi connectivity index (χ0) is 13.0. The summed E-state index contributed by atoms with van der Waals surface area (Å²) in [5.74, 6) is 0.673. The molecule has 1 aromatic heterocycles. The molecular formula is C15H18FNO. The maximum Gasteiger partial charge on any atom is 0.123 e. The van der Waals surface area contributed by atoms with Crippen molar-refractivity contribution in [1.82, 2.24) is 5.32 Å². The first kappa shape index (κ1) is 12.8. The van der Waals surface area contributed by atoms with Gasteiger partial charge in [-0.2, -0.15) is 0 Å². The predicted molar refractivity (Wildman–Crippen MR) is 70.0 cm³/mol. The molecule has 1 atom stereocenters. The average molecular weight is 247 g/mol. The van der Waals surface area contributed by atoms with Crippen LogP contribution >= 0.6 is 0 Å². The van der Waals surface area contributed by atoms with E-state index in [4.69, 9.17) is 4.42 Å². The molecule has 1 unspecified atom stereocenters. The van der Waals surface area contributed by atoms with Gasteiger partial charge in [0.1, 0.15) is 11.6 Å². The highest BCUT2D eigenvalue weighted by Gasteiger charge is 2.15. The lowest BCUT2D eigenvalue weighted by Gasteiger charge is -2.17. The van der Waals surface area contributed by atoms with Crippen LogP contribution in [0.15, 0.2) is 41.0 Å². The van der Waals surface area contributed by atoms with E-state index in [9.17, 15) is 4.39 Å². The molecule has 18 heavy (non-hydrogen) atoms. The Morgan fingerprint density at radius 3 is 2.50 bits per heavy atom. The van der Waals surface area contributed by atoms with E-state index in [1.54, 1.807) is 6.26 Å². The molecule has 3 heteroatoms. The number of halogens is 1. The maximum atomic E-state index is 13.0. The summed E-state index contributed by atoms with van der Waals surface area (Å²) in [6, 6.07) is 8.67. The zero-order valence-corrected chi connectivity index (χ0v) is 10.7. The molecule has 0 spiro atoms. The summed E-state index contributed by atoms with van der Waals surface area (Å²) in [5.41, 5.74) is 2.12. The van der Waals surface area contributed by atoms with Gasteiger partial charge in [-0.1, -0.05) is 19.1 Å². The van der Waals surface area contributed by atoms with Crippen LogP contribution in [0, 0.1) is 12.7 Å². The summed E-state index contributed by atoms with van der Waals surface area (Å²) in [7, 11) is 0. The number of aryl methyl sites for hydroxylation is 1. The van der Waals surface area contributed by atoms with E-state index in [1.165, 1.54) is 12.1 Å². The van der Waals surface area contributed by atoms with Crippen LogP contribution < -0.4 is 5.32 Å². The van der Waals surface area contributed by atoms with Crippen molar-refractivity contribution in [2.45, 2.75) is 26.3 Å². The summed E-state index contributed by atoms with van der Waals surface area (Å²) in [5, 5.41) is 3.45. The Morgan fingerprint density at radius 2 is 1.94 bits per heavy atom. The number of rotatable bonds is 5. The van der Waals surface area contributed by atoms with Gasteiger partial charge in [-0.05, 0) is 43.7 Å². The SMILES string of the molecule is CCCNC(c1ccc(F)cc1)c1coc(C)c1. The number of hydrogen-bond donors (Lipinski definition) is 1. The molecule has 2 rings (SSSR count). The van der Waals surface area contributed by atoms with Crippen LogP contribution in [0.25, 0.3) is 0 Å². The van der Waals surface area contributed by atoms with Crippen LogP contribution in [-0.4, -0.2) is 6.54 Å². The third kappa shape index (κ3) is 2.99. The molecule has 0 amide bonds. The summed E-state index contributed by atoms with van der Waals surface area (Å²) < 4.78 is 18.3. The van der Waals surface area contributed by atoms with Crippen molar-refractivity contribution < 1.29 is 8.81 Å². The summed E-state index contributed by atoms with van der Waals surface area (Å²) in [6.07, 6.45) is 2.81. The third-order valence-corrected chi connectivity index (χ3v) is 2.89. The minimum absolute atomic E-state index is 0.0583. The standard InChI is InChI=1S/C15H18FNO/c1-3-8-17-15(13-9-11(2)18-10-13)12-4-6-14(16)7-5-12/h4-7,9-10,15,17H,3,8H2,1-2H3. The lowest BCUT2D eigenvalue weighted by atomic mass is 10.0. The van der Waals surface area contributed by atoms with Gasteiger partial charge in [0.05, 0.1) is 12.3 Å². The van der Waals surface area contributed by atoms with Gasteiger partial charge >= 0.3 is 0 Å². The van der Waals surface area contributed by atoms with Gasteiger partial charge in [0.2, 0.25) is 0 Å². The van der Waals surface area contributed by atoms with Crippen molar-refractivity contribution in [3.05, 3.63) is 59.3 Å². The van der Waals surface area contributed by atoms with Gasteiger partial charge in [0.25, 0.3) is 0 Å². The highest BCUT2D eigenvalue weighted by molar-refractivity contribution is 5.30. The van der Waals surface area contributed by atoms with Gasteiger partial charge in [-0.25, -0.2) is 4.39 Å². The third-order valence-electron chi connectivity index (χ3n) is 2.89. The van der Waals surface area contributed by atoms with E-state index in [-0.39, 0.29) is 11.9 Å². The van der Waals surface area contributed by atoms with Gasteiger partial charge in [-0.15, -0.1) is 0 Å². The minimum atomic E-state index is -0.212. The second-order valence-electron chi connectivity index (χ2n) is 4.43. The van der Waals surface area contributed by atoms with Gasteiger partial charge in [-0.3, -0.25) is 0 Å². The average Bonchev–Trinajstić information content (AvgIpc) is 2.78. The lowest BCUT2D eigenvalue weighted by molar-refractivity contribution is 0.523. The van der Waals surface area contributed by atoms with Crippen molar-refractivity contribution in [3.63, 3.8) is 0 Å². The van der Waals surface area contributed by atoms with E-state index >= 15 is 0 Å². The van der Waals surface area contributed by atoms with Crippen molar-refractivity contribution >= 4 is 0 Å². The number of furan rings is 1. The largest absolute Gasteiger partial charge is 0.469 e. The maximum absolute atomic E-state index is 13.0. The van der Waals surface area contributed by atoms with Crippen molar-refractivity contribution in [2.75, 3.05) is 6.54 Å². The van der Waals surface area contributed by atoms with Crippen molar-refractivity contribution in [2.24, 2.45) is 0 Å². The molecule has 0 saturated heterocycles. The number of hydrogen-bond acceptors (Lipinski definition) is 2. The Bertz CT molecular complexity index is 489. The van der Waals surface area contributed by atoms with Crippen LogP contribution in [0.2, 0.25) is 0 Å². The van der Waals surface area contributed by atoms with Crippen molar-refractivity contribution in [1.29, 1.82) is 0 Å². The molecule has 0 fully saturated rings. The summed E-state index contributed by atoms with van der Waals surface area (Å²) >= 11 is 0. The second-order valence-corrected chi connectivity index (χ2v) is 4.43. The quantitative estimate of drug-likeness (QED) is 0.869. The van der Waals surface area contributed by atoms with E-state index in [2.05, 4.69) is 12.2 Å². The Morgan fingerprint density at radius 1 is 1.22 bits per heavy atom. The fourth-order valence-electron chi connectivity index (χ4n) is 1.99. The highest BCUT2D eigenvalue weighted by Crippen LogP contribution is 2.24. The zero-order valence-electron chi connectivity index (χ0n) is 10.7. The Labute approximate surface area is 107 Å². The molecule has 0 aliphatic carbocycles. The fourth-order valence-corrected chi connectivity index (χ4v) is 1.99. The second kappa shape index (κ2) is 5.83. The number of nitrogens with one attached hydrogen (secondary N) is 1. The van der Waals surface area contributed by atoms with E-state index in [1.807, 2.05) is 25.1 Å². The monoisotopic (exact) mass is 247 g/mol. The molecule has 0 aliphatic heterocycles. The normalized spacial score (nSPS) is 12.6. The number of benzene rings is 1. The molecule has 0 bridgehead atoms. The molecule has 96 valence electrons. The van der Waals surface area contributed by atoms with E-state index < -0.39 is 0 Å². The Kier molecular flexibility index (Phi) is 4.15. The molecule has 1 heterocycles. The molecule has 2 aromatic rings. The van der Waals surface area contributed by atoms with Crippen LogP contribution in [0.1, 0.15) is 36.3 Å². The van der Waals surface area contributed by atoms with Gasteiger partial charge < -0.3 is 9.73 Å². The Hall–Kier alpha value is -1.61. The summed E-state index contributed by atoms with van der Waals surface area (Å²) in [4.78, 5) is 0. The van der Waals surface area contributed by atoms with E-state index in [0.29, 0.717) is 0 Å². The molecule has 0 aliphatic rings. The summed E-state index contributed by atoms with van der Waals surface area (Å²) in [6.45, 7) is 4.95. The fraction of sp³-hybridized carbons (Fsp3) is 0.333. The molecule has 1 aromatic carbocycles. The first-order chi connectivity index (χ1) is 8.70. The van der Waals surface area contributed by atoms with Gasteiger partial charge in [0.15, 0.2) is 0 Å². The van der Waals surface area contributed by atoms with Crippen LogP contribution in [-0.2, 0) is 0 Å². The lowest BCUT2D eigenvalue weighted by Crippen LogP contribution is -2.22. The topological polar surface area (TPSA) is 25.2 Å². The molecule has 2 nitrogen and oxygen atoms in total. The van der Waals surface area contributed by atoms with Crippen LogP contribution in [0.4, 0.5) is 4.39 Å². The van der Waals surface area contributed by atoms with Crippen molar-refractivity contribution in [3.8, 4) is 0 Å². The first-order valence-corrected chi connectivity index (χ1v) is 6.24. The minimum Gasteiger partial charge on any atom is -0.469 e. The van der Waals surface area contributed by atoms with Crippen LogP contribution in [0.5, 0.6) is 0 Å². The molecule has 0 radical (unpaired) electrons. The molecular weight excluding hydrogens is 229 g/mol. The predicted octanol–water partition coefficient (Wildman–Crippen LogP) is 3.82. The molecule has 0 saturated carbocycles. The smallest absolute Gasteiger partial charge is 0.123 e. The highest BCUT2D eigenvalue weighted by atomic mass is 19.1. The van der Waals surface area contributed by atoms with Crippen LogP contribution in [0.3, 0.4) is 0 Å². The van der Waals surface area contributed by atoms with E-state index in [0.717, 1.165) is 29.9 Å². The Balaban J connectivity index is 2.27.